The van der Waals surface area contributed by atoms with Crippen LogP contribution in [0.5, 0.6) is 0 Å². The van der Waals surface area contributed by atoms with Crippen LogP contribution in [0.4, 0.5) is 17.6 Å². The first-order valence-electron chi connectivity index (χ1n) is 4.91. The van der Waals surface area contributed by atoms with Gasteiger partial charge in [0.2, 0.25) is 0 Å². The molecule has 0 radical (unpaired) electrons. The minimum Gasteiger partial charge on any atom is -0.303 e. The Hall–Kier alpha value is -1.10. The van der Waals surface area contributed by atoms with Crippen molar-refractivity contribution in [1.29, 1.82) is 0 Å². The van der Waals surface area contributed by atoms with Gasteiger partial charge in [-0.2, -0.15) is 0 Å². The average molecular weight is 235 g/mol. The minimum absolute atomic E-state index is 0.233. The number of nitrogens with one attached hydrogen (secondary N) is 1. The summed E-state index contributed by atoms with van der Waals surface area (Å²) in [7, 11) is 0. The monoisotopic (exact) mass is 235 g/mol. The SMILES string of the molecule is CCNC(C)(c1cccc(F)c1F)C(F)F. The fourth-order valence-corrected chi connectivity index (χ4v) is 1.56. The molecule has 0 amide bonds. The third kappa shape index (κ3) is 2.19. The van der Waals surface area contributed by atoms with Crippen molar-refractivity contribution < 1.29 is 17.6 Å². The molecule has 0 spiro atoms. The summed E-state index contributed by atoms with van der Waals surface area (Å²) in [6, 6.07) is 3.27. The molecule has 5 heteroatoms. The molecule has 0 aliphatic rings. The molecule has 0 saturated carbocycles. The molecule has 90 valence electrons. The topological polar surface area (TPSA) is 12.0 Å². The van der Waals surface area contributed by atoms with Crippen molar-refractivity contribution in [1.82, 2.24) is 5.32 Å². The van der Waals surface area contributed by atoms with Crippen LogP contribution in [0.3, 0.4) is 0 Å². The molecule has 1 nitrogen and oxygen atoms in total. The molecule has 1 N–H and O–H groups in total. The Balaban J connectivity index is 3.26. The van der Waals surface area contributed by atoms with Gasteiger partial charge in [0.05, 0.1) is 0 Å². The normalized spacial score (nSPS) is 15.2. The maximum Gasteiger partial charge on any atom is 0.260 e. The first-order chi connectivity index (χ1) is 7.43. The molecule has 16 heavy (non-hydrogen) atoms. The van der Waals surface area contributed by atoms with E-state index in [1.807, 2.05) is 0 Å². The third-order valence-electron chi connectivity index (χ3n) is 2.49. The summed E-state index contributed by atoms with van der Waals surface area (Å²) in [6.07, 6.45) is -2.83. The molecule has 1 atom stereocenters. The van der Waals surface area contributed by atoms with Crippen LogP contribution in [0.1, 0.15) is 19.4 Å². The maximum atomic E-state index is 13.4. The second-order valence-electron chi connectivity index (χ2n) is 3.63. The average Bonchev–Trinajstić information content (AvgIpc) is 2.22. The Morgan fingerprint density at radius 2 is 1.94 bits per heavy atom. The van der Waals surface area contributed by atoms with E-state index in [-0.39, 0.29) is 12.1 Å². The Morgan fingerprint density at radius 1 is 1.31 bits per heavy atom. The summed E-state index contributed by atoms with van der Waals surface area (Å²) in [5.41, 5.74) is -2.23. The molecular formula is C11H13F4N. The summed E-state index contributed by atoms with van der Waals surface area (Å²) < 4.78 is 52.2. The van der Waals surface area contributed by atoms with Crippen molar-refractivity contribution in [2.45, 2.75) is 25.8 Å². The van der Waals surface area contributed by atoms with E-state index < -0.39 is 23.6 Å². The van der Waals surface area contributed by atoms with Crippen LogP contribution in [-0.4, -0.2) is 13.0 Å². The Morgan fingerprint density at radius 3 is 2.44 bits per heavy atom. The van der Waals surface area contributed by atoms with Crippen molar-refractivity contribution >= 4 is 0 Å². The first kappa shape index (κ1) is 13.0. The molecule has 1 unspecified atom stereocenters. The highest BCUT2D eigenvalue weighted by atomic mass is 19.3. The highest BCUT2D eigenvalue weighted by molar-refractivity contribution is 5.27. The quantitative estimate of drug-likeness (QED) is 0.791. The molecule has 0 fully saturated rings. The fourth-order valence-electron chi connectivity index (χ4n) is 1.56. The van der Waals surface area contributed by atoms with Crippen LogP contribution in [0.25, 0.3) is 0 Å². The number of rotatable bonds is 4. The number of hydrogen-bond donors (Lipinski definition) is 1. The van der Waals surface area contributed by atoms with E-state index in [0.717, 1.165) is 19.1 Å². The Labute approximate surface area is 91.5 Å². The van der Waals surface area contributed by atoms with E-state index in [0.29, 0.717) is 0 Å². The number of halogens is 4. The van der Waals surface area contributed by atoms with Crippen LogP contribution < -0.4 is 5.32 Å². The number of alkyl halides is 2. The van der Waals surface area contributed by atoms with E-state index in [1.165, 1.54) is 6.07 Å². The highest BCUT2D eigenvalue weighted by Gasteiger charge is 2.38. The lowest BCUT2D eigenvalue weighted by Gasteiger charge is -2.30. The van der Waals surface area contributed by atoms with Gasteiger partial charge < -0.3 is 5.32 Å². The number of benzene rings is 1. The lowest BCUT2D eigenvalue weighted by molar-refractivity contribution is 0.0369. The predicted molar refractivity (Wildman–Crippen MR) is 53.4 cm³/mol. The summed E-state index contributed by atoms with van der Waals surface area (Å²) in [6.45, 7) is 3.01. The van der Waals surface area contributed by atoms with E-state index >= 15 is 0 Å². The van der Waals surface area contributed by atoms with Gasteiger partial charge in [-0.1, -0.05) is 19.1 Å². The Kier molecular flexibility index (Phi) is 3.91. The standard InChI is InChI=1S/C11H13F4N/c1-3-16-11(2,10(14)15)7-5-4-6-8(12)9(7)13/h4-6,10,16H,3H2,1-2H3. The lowest BCUT2D eigenvalue weighted by Crippen LogP contribution is -2.46. The van der Waals surface area contributed by atoms with Gasteiger partial charge in [0.1, 0.15) is 5.54 Å². The van der Waals surface area contributed by atoms with Crippen LogP contribution in [0.2, 0.25) is 0 Å². The van der Waals surface area contributed by atoms with Crippen molar-refractivity contribution in [3.05, 3.63) is 35.4 Å². The molecule has 1 aromatic carbocycles. The maximum absolute atomic E-state index is 13.4. The zero-order chi connectivity index (χ0) is 12.3. The van der Waals surface area contributed by atoms with Crippen molar-refractivity contribution in [2.24, 2.45) is 0 Å². The molecule has 0 saturated heterocycles. The van der Waals surface area contributed by atoms with Crippen LogP contribution in [-0.2, 0) is 5.54 Å². The fraction of sp³-hybridized carbons (Fsp3) is 0.455. The lowest BCUT2D eigenvalue weighted by atomic mass is 9.91. The predicted octanol–water partition coefficient (Wildman–Crippen LogP) is 3.05. The molecule has 0 aromatic heterocycles. The third-order valence-corrected chi connectivity index (χ3v) is 2.49. The zero-order valence-electron chi connectivity index (χ0n) is 9.03. The molecule has 0 aliphatic carbocycles. The molecular weight excluding hydrogens is 222 g/mol. The van der Waals surface area contributed by atoms with E-state index in [9.17, 15) is 17.6 Å². The van der Waals surface area contributed by atoms with Crippen molar-refractivity contribution in [2.75, 3.05) is 6.54 Å². The summed E-state index contributed by atoms with van der Waals surface area (Å²) in [4.78, 5) is 0. The van der Waals surface area contributed by atoms with Gasteiger partial charge in [-0.25, -0.2) is 17.6 Å². The largest absolute Gasteiger partial charge is 0.303 e. The second-order valence-corrected chi connectivity index (χ2v) is 3.63. The molecule has 0 aliphatic heterocycles. The smallest absolute Gasteiger partial charge is 0.260 e. The van der Waals surface area contributed by atoms with Crippen molar-refractivity contribution in [3.8, 4) is 0 Å². The van der Waals surface area contributed by atoms with Gasteiger partial charge in [0.15, 0.2) is 11.6 Å². The van der Waals surface area contributed by atoms with Crippen molar-refractivity contribution in [3.63, 3.8) is 0 Å². The highest BCUT2D eigenvalue weighted by Crippen LogP contribution is 2.30. The van der Waals surface area contributed by atoms with Gasteiger partial charge in [-0.15, -0.1) is 0 Å². The van der Waals surface area contributed by atoms with Crippen LogP contribution >= 0.6 is 0 Å². The van der Waals surface area contributed by atoms with Crippen LogP contribution in [0.15, 0.2) is 18.2 Å². The van der Waals surface area contributed by atoms with E-state index in [1.54, 1.807) is 6.92 Å². The first-order valence-corrected chi connectivity index (χ1v) is 4.91. The zero-order valence-corrected chi connectivity index (χ0v) is 9.03. The molecule has 1 aromatic rings. The van der Waals surface area contributed by atoms with Gasteiger partial charge >= 0.3 is 0 Å². The van der Waals surface area contributed by atoms with Gasteiger partial charge in [0, 0.05) is 5.56 Å². The van der Waals surface area contributed by atoms with E-state index in [4.69, 9.17) is 0 Å². The summed E-state index contributed by atoms with van der Waals surface area (Å²) in [5.74, 6) is -2.35. The minimum atomic E-state index is -2.83. The summed E-state index contributed by atoms with van der Waals surface area (Å²) in [5, 5.41) is 2.49. The van der Waals surface area contributed by atoms with E-state index in [2.05, 4.69) is 5.32 Å². The number of hydrogen-bond acceptors (Lipinski definition) is 1. The molecule has 0 heterocycles. The van der Waals surface area contributed by atoms with Crippen LogP contribution in [0, 0.1) is 11.6 Å². The Bertz CT molecular complexity index is 367. The molecule has 0 bridgehead atoms. The second kappa shape index (κ2) is 4.82. The summed E-state index contributed by atoms with van der Waals surface area (Å²) >= 11 is 0. The van der Waals surface area contributed by atoms with Gasteiger partial charge in [0.25, 0.3) is 6.43 Å². The van der Waals surface area contributed by atoms with Gasteiger partial charge in [-0.3, -0.25) is 0 Å². The molecule has 1 rings (SSSR count). The van der Waals surface area contributed by atoms with Gasteiger partial charge in [-0.05, 0) is 19.5 Å².